The molecule has 0 saturated carbocycles. The van der Waals surface area contributed by atoms with E-state index in [1.807, 2.05) is 54.6 Å². The fourth-order valence-electron chi connectivity index (χ4n) is 2.55. The van der Waals surface area contributed by atoms with E-state index in [1.54, 1.807) is 0 Å². The number of hydrogen-bond donors (Lipinski definition) is 1. The highest BCUT2D eigenvalue weighted by Crippen LogP contribution is 2.26. The van der Waals surface area contributed by atoms with Crippen LogP contribution in [0, 0.1) is 6.92 Å². The van der Waals surface area contributed by atoms with Crippen LogP contribution in [0.15, 0.2) is 66.7 Å². The van der Waals surface area contributed by atoms with Crippen LogP contribution in [0.4, 0.5) is 5.69 Å². The van der Waals surface area contributed by atoms with Crippen molar-refractivity contribution in [3.8, 4) is 5.75 Å². The van der Waals surface area contributed by atoms with Gasteiger partial charge in [-0.05, 0) is 48.9 Å². The molecule has 0 spiro atoms. The molecule has 0 aliphatic rings. The van der Waals surface area contributed by atoms with Crippen LogP contribution in [0.1, 0.15) is 16.7 Å². The molecule has 0 amide bonds. The van der Waals surface area contributed by atoms with Gasteiger partial charge >= 0.3 is 0 Å². The molecule has 3 aromatic carbocycles. The van der Waals surface area contributed by atoms with Crippen LogP contribution in [-0.2, 0) is 13.2 Å². The normalized spacial score (nSPS) is 10.5. The first kappa shape index (κ1) is 17.7. The molecule has 4 heteroatoms. The van der Waals surface area contributed by atoms with Crippen molar-refractivity contribution in [3.05, 3.63) is 93.5 Å². The molecule has 0 saturated heterocycles. The number of benzene rings is 3. The number of anilines is 1. The van der Waals surface area contributed by atoms with Gasteiger partial charge in [-0.3, -0.25) is 0 Å². The second kappa shape index (κ2) is 8.28. The molecule has 0 atom stereocenters. The van der Waals surface area contributed by atoms with Crippen LogP contribution in [0.5, 0.6) is 5.75 Å². The summed E-state index contributed by atoms with van der Waals surface area (Å²) in [5, 5.41) is 4.81. The fraction of sp³-hybridized carbons (Fsp3) is 0.143. The Morgan fingerprint density at radius 3 is 2.52 bits per heavy atom. The smallest absolute Gasteiger partial charge is 0.124 e. The van der Waals surface area contributed by atoms with Crippen molar-refractivity contribution in [1.82, 2.24) is 0 Å². The highest BCUT2D eigenvalue weighted by Gasteiger charge is 2.07. The molecule has 0 aliphatic heterocycles. The van der Waals surface area contributed by atoms with Crippen LogP contribution >= 0.6 is 23.2 Å². The zero-order chi connectivity index (χ0) is 17.6. The summed E-state index contributed by atoms with van der Waals surface area (Å²) in [6.07, 6.45) is 0. The van der Waals surface area contributed by atoms with Crippen LogP contribution in [0.2, 0.25) is 10.0 Å². The van der Waals surface area contributed by atoms with Crippen molar-refractivity contribution >= 4 is 28.9 Å². The van der Waals surface area contributed by atoms with Crippen molar-refractivity contribution in [2.75, 3.05) is 5.32 Å². The van der Waals surface area contributed by atoms with Gasteiger partial charge in [-0.25, -0.2) is 0 Å². The minimum Gasteiger partial charge on any atom is -0.488 e. The Kier molecular flexibility index (Phi) is 5.85. The summed E-state index contributed by atoms with van der Waals surface area (Å²) >= 11 is 12.4. The quantitative estimate of drug-likeness (QED) is 0.534. The van der Waals surface area contributed by atoms with Gasteiger partial charge in [-0.15, -0.1) is 0 Å². The van der Waals surface area contributed by atoms with E-state index >= 15 is 0 Å². The minimum absolute atomic E-state index is 0.415. The van der Waals surface area contributed by atoms with Crippen LogP contribution in [0.3, 0.4) is 0 Å². The van der Waals surface area contributed by atoms with Crippen molar-refractivity contribution in [2.24, 2.45) is 0 Å². The Balaban J connectivity index is 1.73. The summed E-state index contributed by atoms with van der Waals surface area (Å²) in [6, 6.07) is 21.6. The van der Waals surface area contributed by atoms with E-state index in [0.29, 0.717) is 23.2 Å². The number of ether oxygens (including phenoxy) is 1. The van der Waals surface area contributed by atoms with E-state index < -0.39 is 0 Å². The zero-order valence-corrected chi connectivity index (χ0v) is 15.4. The summed E-state index contributed by atoms with van der Waals surface area (Å²) in [5.41, 5.74) is 4.24. The van der Waals surface area contributed by atoms with Gasteiger partial charge in [0.1, 0.15) is 12.4 Å². The highest BCUT2D eigenvalue weighted by molar-refractivity contribution is 6.31. The van der Waals surface area contributed by atoms with Crippen molar-refractivity contribution in [3.63, 3.8) is 0 Å². The molecular weight excluding hydrogens is 353 g/mol. The average Bonchev–Trinajstić information content (AvgIpc) is 2.60. The number of nitrogens with one attached hydrogen (secondary N) is 1. The first-order valence-electron chi connectivity index (χ1n) is 8.07. The molecule has 0 aliphatic carbocycles. The highest BCUT2D eigenvalue weighted by atomic mass is 35.5. The largest absolute Gasteiger partial charge is 0.488 e. The van der Waals surface area contributed by atoms with Gasteiger partial charge < -0.3 is 10.1 Å². The van der Waals surface area contributed by atoms with E-state index in [4.69, 9.17) is 27.9 Å². The molecule has 3 rings (SSSR count). The molecule has 0 heterocycles. The second-order valence-corrected chi connectivity index (χ2v) is 6.70. The third kappa shape index (κ3) is 4.91. The van der Waals surface area contributed by atoms with E-state index in [-0.39, 0.29) is 0 Å². The monoisotopic (exact) mass is 371 g/mol. The number of hydrogen-bond acceptors (Lipinski definition) is 2. The molecule has 0 unspecified atom stereocenters. The molecule has 0 fully saturated rings. The van der Waals surface area contributed by atoms with Gasteiger partial charge in [0, 0.05) is 33.4 Å². The summed E-state index contributed by atoms with van der Waals surface area (Å²) in [5.74, 6) is 0.796. The van der Waals surface area contributed by atoms with E-state index in [0.717, 1.165) is 22.6 Å². The third-order valence-corrected chi connectivity index (χ3v) is 4.47. The Labute approximate surface area is 158 Å². The zero-order valence-electron chi connectivity index (χ0n) is 13.9. The SMILES string of the molecule is Cc1cccc(NCc2cc(Cl)ccc2OCc2ccccc2Cl)c1. The summed E-state index contributed by atoms with van der Waals surface area (Å²) in [7, 11) is 0. The Morgan fingerprint density at radius 1 is 0.880 bits per heavy atom. The van der Waals surface area contributed by atoms with Gasteiger partial charge in [-0.1, -0.05) is 53.5 Å². The van der Waals surface area contributed by atoms with Crippen LogP contribution < -0.4 is 10.1 Å². The number of halogens is 2. The maximum atomic E-state index is 6.20. The number of rotatable bonds is 6. The molecule has 0 aromatic heterocycles. The molecule has 25 heavy (non-hydrogen) atoms. The topological polar surface area (TPSA) is 21.3 Å². The summed E-state index contributed by atoms with van der Waals surface area (Å²) in [4.78, 5) is 0. The maximum Gasteiger partial charge on any atom is 0.124 e. The fourth-order valence-corrected chi connectivity index (χ4v) is 2.94. The molecule has 3 aromatic rings. The lowest BCUT2D eigenvalue weighted by Gasteiger charge is -2.14. The Bertz CT molecular complexity index is 864. The van der Waals surface area contributed by atoms with Gasteiger partial charge in [-0.2, -0.15) is 0 Å². The lowest BCUT2D eigenvalue weighted by Crippen LogP contribution is -2.04. The van der Waals surface area contributed by atoms with Crippen molar-refractivity contribution < 1.29 is 4.74 Å². The van der Waals surface area contributed by atoms with Crippen molar-refractivity contribution in [1.29, 1.82) is 0 Å². The minimum atomic E-state index is 0.415. The third-order valence-electron chi connectivity index (χ3n) is 3.86. The Hall–Kier alpha value is -2.16. The maximum absolute atomic E-state index is 6.20. The Morgan fingerprint density at radius 2 is 1.72 bits per heavy atom. The lowest BCUT2D eigenvalue weighted by molar-refractivity contribution is 0.303. The van der Waals surface area contributed by atoms with Gasteiger partial charge in [0.15, 0.2) is 0 Å². The molecule has 0 radical (unpaired) electrons. The predicted molar refractivity (Wildman–Crippen MR) is 106 cm³/mol. The van der Waals surface area contributed by atoms with Crippen LogP contribution in [0.25, 0.3) is 0 Å². The van der Waals surface area contributed by atoms with Crippen LogP contribution in [-0.4, -0.2) is 0 Å². The summed E-state index contributed by atoms with van der Waals surface area (Å²) in [6.45, 7) is 3.11. The second-order valence-electron chi connectivity index (χ2n) is 5.86. The summed E-state index contributed by atoms with van der Waals surface area (Å²) < 4.78 is 5.99. The van der Waals surface area contributed by atoms with E-state index in [2.05, 4.69) is 24.4 Å². The van der Waals surface area contributed by atoms with Gasteiger partial charge in [0.25, 0.3) is 0 Å². The van der Waals surface area contributed by atoms with Gasteiger partial charge in [0.2, 0.25) is 0 Å². The lowest BCUT2D eigenvalue weighted by atomic mass is 10.1. The molecule has 2 nitrogen and oxygen atoms in total. The average molecular weight is 372 g/mol. The van der Waals surface area contributed by atoms with Gasteiger partial charge in [0.05, 0.1) is 0 Å². The first-order chi connectivity index (χ1) is 12.1. The van der Waals surface area contributed by atoms with Crippen molar-refractivity contribution in [2.45, 2.75) is 20.1 Å². The molecule has 1 N–H and O–H groups in total. The predicted octanol–water partition coefficient (Wildman–Crippen LogP) is 6.49. The number of aryl methyl sites for hydroxylation is 1. The molecule has 128 valence electrons. The molecular formula is C21H19Cl2NO. The van der Waals surface area contributed by atoms with E-state index in [1.165, 1.54) is 5.56 Å². The van der Waals surface area contributed by atoms with E-state index in [9.17, 15) is 0 Å². The molecule has 0 bridgehead atoms. The first-order valence-corrected chi connectivity index (χ1v) is 8.82. The standard InChI is InChI=1S/C21H19Cl2NO/c1-15-5-4-7-19(11-15)24-13-17-12-18(22)9-10-21(17)25-14-16-6-2-3-8-20(16)23/h2-12,24H,13-14H2,1H3.